The molecule has 0 unspecified atom stereocenters. The molecule has 0 atom stereocenters. The molecule has 2 N–H and O–H groups in total. The van der Waals surface area contributed by atoms with E-state index in [-0.39, 0.29) is 34.0 Å². The van der Waals surface area contributed by atoms with Crippen molar-refractivity contribution in [2.75, 3.05) is 6.54 Å². The van der Waals surface area contributed by atoms with Gasteiger partial charge in [-0.25, -0.2) is 4.39 Å². The Hall–Kier alpha value is -3.41. The Bertz CT molecular complexity index is 1020. The van der Waals surface area contributed by atoms with Crippen molar-refractivity contribution in [3.63, 3.8) is 0 Å². The van der Waals surface area contributed by atoms with Crippen LogP contribution < -0.4 is 10.7 Å². The number of carbonyl (C=O) groups is 1. The Kier molecular flexibility index (Phi) is 5.12. The first-order chi connectivity index (χ1) is 12.5. The molecule has 0 aliphatic heterocycles. The van der Waals surface area contributed by atoms with Crippen LogP contribution >= 0.6 is 0 Å². The number of carbonyl (C=O) groups excluding carboxylic acids is 1. The lowest BCUT2D eigenvalue weighted by Gasteiger charge is -2.03. The summed E-state index contributed by atoms with van der Waals surface area (Å²) < 4.78 is 18.1. The van der Waals surface area contributed by atoms with Crippen LogP contribution in [-0.2, 0) is 11.2 Å². The molecule has 2 aromatic carbocycles. The van der Waals surface area contributed by atoms with Crippen molar-refractivity contribution in [1.82, 2.24) is 5.32 Å². The van der Waals surface area contributed by atoms with Crippen LogP contribution in [0.2, 0.25) is 0 Å². The molecule has 0 saturated heterocycles. The molecule has 1 aromatic heterocycles. The topological polar surface area (TPSA) is 79.5 Å². The largest absolute Gasteiger partial charge is 0.508 e. The van der Waals surface area contributed by atoms with Gasteiger partial charge >= 0.3 is 0 Å². The van der Waals surface area contributed by atoms with Crippen molar-refractivity contribution in [2.24, 2.45) is 0 Å². The van der Waals surface area contributed by atoms with E-state index in [4.69, 9.17) is 4.42 Å². The maximum Gasteiger partial charge on any atom is 0.244 e. The summed E-state index contributed by atoms with van der Waals surface area (Å²) >= 11 is 0. The molecule has 1 heterocycles. The van der Waals surface area contributed by atoms with Gasteiger partial charge in [-0.2, -0.15) is 0 Å². The molecule has 0 fully saturated rings. The maximum atomic E-state index is 12.8. The fraction of sp³-hybridized carbons (Fsp3) is 0.100. The first kappa shape index (κ1) is 17.4. The molecule has 3 rings (SSSR count). The number of aromatic hydroxyl groups is 1. The average molecular weight is 353 g/mol. The minimum absolute atomic E-state index is 0.00414. The number of phenols is 1. The van der Waals surface area contributed by atoms with E-state index in [0.717, 1.165) is 5.56 Å². The lowest BCUT2D eigenvalue weighted by Crippen LogP contribution is -2.23. The summed E-state index contributed by atoms with van der Waals surface area (Å²) in [5.41, 5.74) is 1.13. The van der Waals surface area contributed by atoms with Crippen molar-refractivity contribution in [3.8, 4) is 5.75 Å². The van der Waals surface area contributed by atoms with Crippen LogP contribution in [0, 0.1) is 5.82 Å². The second kappa shape index (κ2) is 7.65. The van der Waals surface area contributed by atoms with E-state index in [1.54, 1.807) is 12.1 Å². The van der Waals surface area contributed by atoms with Gasteiger partial charge < -0.3 is 14.8 Å². The fourth-order valence-corrected chi connectivity index (χ4v) is 2.45. The van der Waals surface area contributed by atoms with Gasteiger partial charge in [-0.05, 0) is 42.3 Å². The van der Waals surface area contributed by atoms with E-state index < -0.39 is 0 Å². The van der Waals surface area contributed by atoms with Gasteiger partial charge in [-0.1, -0.05) is 12.1 Å². The average Bonchev–Trinajstić information content (AvgIpc) is 2.63. The fourth-order valence-electron chi connectivity index (χ4n) is 2.45. The third-order valence-electron chi connectivity index (χ3n) is 3.83. The Balaban J connectivity index is 1.62. The summed E-state index contributed by atoms with van der Waals surface area (Å²) in [5.74, 6) is -0.646. The van der Waals surface area contributed by atoms with Crippen LogP contribution in [0.3, 0.4) is 0 Å². The predicted molar refractivity (Wildman–Crippen MR) is 96.3 cm³/mol. The van der Waals surface area contributed by atoms with E-state index >= 15 is 0 Å². The zero-order valence-electron chi connectivity index (χ0n) is 13.7. The van der Waals surface area contributed by atoms with Crippen molar-refractivity contribution in [2.45, 2.75) is 6.42 Å². The Morgan fingerprint density at radius 2 is 1.96 bits per heavy atom. The van der Waals surface area contributed by atoms with Crippen molar-refractivity contribution in [3.05, 3.63) is 82.0 Å². The predicted octanol–water partition coefficient (Wildman–Crippen LogP) is 3.01. The first-order valence-corrected chi connectivity index (χ1v) is 7.98. The van der Waals surface area contributed by atoms with Crippen LogP contribution in [-0.4, -0.2) is 17.6 Å². The molecular weight excluding hydrogens is 337 g/mol. The molecule has 132 valence electrons. The van der Waals surface area contributed by atoms with Gasteiger partial charge in [0.1, 0.15) is 23.4 Å². The third-order valence-corrected chi connectivity index (χ3v) is 3.83. The van der Waals surface area contributed by atoms with E-state index in [1.807, 2.05) is 0 Å². The van der Waals surface area contributed by atoms with Crippen LogP contribution in [0.15, 0.2) is 64.0 Å². The molecular formula is C20H16FNO4. The van der Waals surface area contributed by atoms with Crippen molar-refractivity contribution < 1.29 is 18.7 Å². The number of hydrogen-bond donors (Lipinski definition) is 2. The summed E-state index contributed by atoms with van der Waals surface area (Å²) in [5, 5.41) is 12.4. The number of amides is 1. The number of rotatable bonds is 5. The van der Waals surface area contributed by atoms with Crippen molar-refractivity contribution >= 4 is 23.0 Å². The number of nitrogens with one attached hydrogen (secondary N) is 1. The molecule has 3 aromatic rings. The summed E-state index contributed by atoms with van der Waals surface area (Å²) in [4.78, 5) is 24.2. The minimum Gasteiger partial charge on any atom is -0.508 e. The van der Waals surface area contributed by atoms with E-state index in [9.17, 15) is 19.1 Å². The normalized spacial score (nSPS) is 11.1. The lowest BCUT2D eigenvalue weighted by atomic mass is 10.1. The van der Waals surface area contributed by atoms with E-state index in [0.29, 0.717) is 18.4 Å². The van der Waals surface area contributed by atoms with E-state index in [2.05, 4.69) is 5.32 Å². The van der Waals surface area contributed by atoms with Gasteiger partial charge in [0.05, 0.1) is 10.9 Å². The number of halogens is 1. The highest BCUT2D eigenvalue weighted by Crippen LogP contribution is 2.18. The van der Waals surface area contributed by atoms with Gasteiger partial charge in [0.2, 0.25) is 5.91 Å². The van der Waals surface area contributed by atoms with Gasteiger partial charge in [-0.3, -0.25) is 9.59 Å². The summed E-state index contributed by atoms with van der Waals surface area (Å²) in [6.07, 6.45) is 4.45. The van der Waals surface area contributed by atoms with E-state index in [1.165, 1.54) is 48.7 Å². The molecule has 0 bridgehead atoms. The highest BCUT2D eigenvalue weighted by atomic mass is 19.1. The SMILES string of the molecule is O=C(/C=C/c1coc2cc(O)ccc2c1=O)NCCc1ccc(F)cc1. The molecule has 6 heteroatoms. The smallest absolute Gasteiger partial charge is 0.244 e. The second-order valence-corrected chi connectivity index (χ2v) is 5.70. The number of phenolic OH excluding ortho intramolecular Hbond substituents is 1. The van der Waals surface area contributed by atoms with Crippen LogP contribution in [0.1, 0.15) is 11.1 Å². The van der Waals surface area contributed by atoms with Crippen LogP contribution in [0.25, 0.3) is 17.0 Å². The van der Waals surface area contributed by atoms with Gasteiger partial charge in [0.15, 0.2) is 5.43 Å². The number of hydrogen-bond acceptors (Lipinski definition) is 4. The molecule has 26 heavy (non-hydrogen) atoms. The molecule has 0 spiro atoms. The zero-order valence-corrected chi connectivity index (χ0v) is 13.7. The number of benzene rings is 2. The van der Waals surface area contributed by atoms with Gasteiger partial charge in [0, 0.05) is 18.7 Å². The Labute approximate surface area is 148 Å². The zero-order chi connectivity index (χ0) is 18.5. The first-order valence-electron chi connectivity index (χ1n) is 7.98. The maximum absolute atomic E-state index is 12.8. The standard InChI is InChI=1S/C20H16FNO4/c21-15-4-1-13(2-5-15)9-10-22-19(24)8-3-14-12-26-18-11-16(23)6-7-17(18)20(14)25/h1-8,11-12,23H,9-10H2,(H,22,24)/b8-3+. The quantitative estimate of drug-likeness (QED) is 0.691. The third kappa shape index (κ3) is 4.16. The molecule has 0 aliphatic rings. The van der Waals surface area contributed by atoms with Gasteiger partial charge in [-0.15, -0.1) is 0 Å². The second-order valence-electron chi connectivity index (χ2n) is 5.70. The molecule has 1 amide bonds. The molecule has 5 nitrogen and oxygen atoms in total. The van der Waals surface area contributed by atoms with Crippen molar-refractivity contribution in [1.29, 1.82) is 0 Å². The Morgan fingerprint density at radius 3 is 2.73 bits per heavy atom. The molecule has 0 radical (unpaired) electrons. The lowest BCUT2D eigenvalue weighted by molar-refractivity contribution is -0.116. The minimum atomic E-state index is -0.350. The molecule has 0 saturated carbocycles. The summed E-state index contributed by atoms with van der Waals surface area (Å²) in [6.45, 7) is 0.389. The van der Waals surface area contributed by atoms with Gasteiger partial charge in [0.25, 0.3) is 0 Å². The molecule has 0 aliphatic carbocycles. The number of fused-ring (bicyclic) bond motifs is 1. The highest BCUT2D eigenvalue weighted by molar-refractivity contribution is 5.92. The Morgan fingerprint density at radius 1 is 1.19 bits per heavy atom. The highest BCUT2D eigenvalue weighted by Gasteiger charge is 2.06. The van der Waals surface area contributed by atoms with Crippen LogP contribution in [0.4, 0.5) is 4.39 Å². The monoisotopic (exact) mass is 353 g/mol. The summed E-state index contributed by atoms with van der Waals surface area (Å²) in [6, 6.07) is 10.3. The summed E-state index contributed by atoms with van der Waals surface area (Å²) in [7, 11) is 0. The van der Waals surface area contributed by atoms with Crippen LogP contribution in [0.5, 0.6) is 5.75 Å².